The molecule has 0 heterocycles. The molecular formula is C12H18BrFN2. The zero-order chi connectivity index (χ0) is 12.0. The van der Waals surface area contributed by atoms with Crippen LogP contribution >= 0.6 is 15.9 Å². The fourth-order valence-electron chi connectivity index (χ4n) is 1.56. The summed E-state index contributed by atoms with van der Waals surface area (Å²) in [7, 11) is 3.95. The van der Waals surface area contributed by atoms with Crippen molar-refractivity contribution in [3.63, 3.8) is 0 Å². The molecule has 0 amide bonds. The van der Waals surface area contributed by atoms with Crippen molar-refractivity contribution < 1.29 is 4.39 Å². The van der Waals surface area contributed by atoms with E-state index in [4.69, 9.17) is 0 Å². The molecule has 0 unspecified atom stereocenters. The second-order valence-corrected chi connectivity index (χ2v) is 4.85. The van der Waals surface area contributed by atoms with Gasteiger partial charge in [0, 0.05) is 16.6 Å². The lowest BCUT2D eigenvalue weighted by Gasteiger charge is -2.17. The number of nitrogens with one attached hydrogen (secondary N) is 1. The summed E-state index contributed by atoms with van der Waals surface area (Å²) >= 11 is 3.35. The van der Waals surface area contributed by atoms with Crippen LogP contribution in [0.2, 0.25) is 0 Å². The Bertz CT molecular complexity index is 331. The smallest absolute Gasteiger partial charge is 0.127 e. The molecule has 0 aliphatic rings. The molecule has 16 heavy (non-hydrogen) atoms. The summed E-state index contributed by atoms with van der Waals surface area (Å²) in [5.74, 6) is -0.135. The van der Waals surface area contributed by atoms with Gasteiger partial charge in [0.2, 0.25) is 0 Å². The van der Waals surface area contributed by atoms with Gasteiger partial charge in [-0.3, -0.25) is 0 Å². The summed E-state index contributed by atoms with van der Waals surface area (Å²) in [4.78, 5) is 2.13. The van der Waals surface area contributed by atoms with Gasteiger partial charge in [-0.15, -0.1) is 0 Å². The molecule has 1 aromatic rings. The maximum Gasteiger partial charge on any atom is 0.127 e. The van der Waals surface area contributed by atoms with Gasteiger partial charge in [-0.05, 0) is 51.8 Å². The van der Waals surface area contributed by atoms with E-state index in [0.717, 1.165) is 29.5 Å². The van der Waals surface area contributed by atoms with E-state index in [1.165, 1.54) is 6.07 Å². The van der Waals surface area contributed by atoms with Gasteiger partial charge in [0.15, 0.2) is 0 Å². The highest BCUT2D eigenvalue weighted by atomic mass is 79.9. The average molecular weight is 289 g/mol. The van der Waals surface area contributed by atoms with Crippen molar-refractivity contribution in [3.05, 3.63) is 34.1 Å². The molecule has 4 heteroatoms. The molecule has 0 saturated heterocycles. The summed E-state index contributed by atoms with van der Waals surface area (Å²) in [5.41, 5.74) is 0.737. The molecule has 0 aromatic heterocycles. The second-order valence-electron chi connectivity index (χ2n) is 3.93. The first-order chi connectivity index (χ1) is 7.63. The van der Waals surface area contributed by atoms with E-state index in [2.05, 4.69) is 26.1 Å². The Labute approximate surface area is 105 Å². The van der Waals surface area contributed by atoms with Crippen LogP contribution in [-0.4, -0.2) is 32.1 Å². The minimum absolute atomic E-state index is 0.135. The Morgan fingerprint density at radius 3 is 2.88 bits per heavy atom. The van der Waals surface area contributed by atoms with E-state index in [9.17, 15) is 4.39 Å². The van der Waals surface area contributed by atoms with E-state index in [0.29, 0.717) is 6.54 Å². The van der Waals surface area contributed by atoms with Crippen molar-refractivity contribution in [1.29, 1.82) is 0 Å². The van der Waals surface area contributed by atoms with Gasteiger partial charge in [-0.2, -0.15) is 0 Å². The van der Waals surface area contributed by atoms with E-state index >= 15 is 0 Å². The maximum atomic E-state index is 13.5. The number of hydrogen-bond donors (Lipinski definition) is 1. The Balaban J connectivity index is 2.48. The molecule has 0 radical (unpaired) electrons. The van der Waals surface area contributed by atoms with E-state index < -0.39 is 0 Å². The maximum absolute atomic E-state index is 13.5. The first kappa shape index (κ1) is 13.6. The van der Waals surface area contributed by atoms with Crippen LogP contribution in [0, 0.1) is 5.82 Å². The molecule has 2 nitrogen and oxygen atoms in total. The molecule has 0 saturated carbocycles. The average Bonchev–Trinajstić information content (AvgIpc) is 2.24. The molecule has 0 aliphatic carbocycles. The summed E-state index contributed by atoms with van der Waals surface area (Å²) in [6.07, 6.45) is 1.07. The Morgan fingerprint density at radius 1 is 1.44 bits per heavy atom. The lowest BCUT2D eigenvalue weighted by atomic mass is 10.2. The fourth-order valence-corrected chi connectivity index (χ4v) is 1.97. The molecule has 1 aromatic carbocycles. The Hall–Kier alpha value is -0.450. The molecule has 0 atom stereocenters. The van der Waals surface area contributed by atoms with Crippen LogP contribution in [0.4, 0.5) is 4.39 Å². The van der Waals surface area contributed by atoms with Gasteiger partial charge in [-0.25, -0.2) is 4.39 Å². The van der Waals surface area contributed by atoms with E-state index in [1.54, 1.807) is 6.07 Å². The van der Waals surface area contributed by atoms with Crippen LogP contribution in [0.3, 0.4) is 0 Å². The second kappa shape index (κ2) is 6.99. The predicted octanol–water partition coefficient (Wildman–Crippen LogP) is 2.63. The normalized spacial score (nSPS) is 11.1. The van der Waals surface area contributed by atoms with Crippen molar-refractivity contribution in [2.45, 2.75) is 13.0 Å². The van der Waals surface area contributed by atoms with Crippen molar-refractivity contribution >= 4 is 15.9 Å². The molecule has 0 aliphatic heterocycles. The standard InChI is InChI=1S/C12H18BrFN2/c1-15-6-3-7-16(2)9-10-8-11(13)4-5-12(10)14/h4-5,8,15H,3,6-7,9H2,1-2H3. The van der Waals surface area contributed by atoms with Crippen molar-refractivity contribution in [3.8, 4) is 0 Å². The molecule has 1 N–H and O–H groups in total. The zero-order valence-electron chi connectivity index (χ0n) is 9.76. The van der Waals surface area contributed by atoms with Gasteiger partial charge in [0.25, 0.3) is 0 Å². The van der Waals surface area contributed by atoms with Crippen LogP contribution in [0.1, 0.15) is 12.0 Å². The highest BCUT2D eigenvalue weighted by Crippen LogP contribution is 2.16. The molecule has 90 valence electrons. The summed E-state index contributed by atoms with van der Waals surface area (Å²) < 4.78 is 14.4. The summed E-state index contributed by atoms with van der Waals surface area (Å²) in [5, 5.41) is 3.10. The molecule has 1 rings (SSSR count). The lowest BCUT2D eigenvalue weighted by Crippen LogP contribution is -2.22. The first-order valence-electron chi connectivity index (χ1n) is 5.40. The zero-order valence-corrected chi connectivity index (χ0v) is 11.3. The molecule has 0 bridgehead atoms. The van der Waals surface area contributed by atoms with Gasteiger partial charge < -0.3 is 10.2 Å². The SMILES string of the molecule is CNCCCN(C)Cc1cc(Br)ccc1F. The third-order valence-electron chi connectivity index (χ3n) is 2.41. The van der Waals surface area contributed by atoms with Gasteiger partial charge in [0.1, 0.15) is 5.82 Å². The van der Waals surface area contributed by atoms with Gasteiger partial charge >= 0.3 is 0 Å². The van der Waals surface area contributed by atoms with Crippen LogP contribution in [0.15, 0.2) is 22.7 Å². The van der Waals surface area contributed by atoms with E-state index in [1.807, 2.05) is 20.2 Å². The minimum atomic E-state index is -0.135. The van der Waals surface area contributed by atoms with Crippen LogP contribution in [0.25, 0.3) is 0 Å². The number of benzene rings is 1. The third kappa shape index (κ3) is 4.60. The number of halogens is 2. The lowest BCUT2D eigenvalue weighted by molar-refractivity contribution is 0.316. The number of nitrogens with zero attached hydrogens (tertiary/aromatic N) is 1. The van der Waals surface area contributed by atoms with E-state index in [-0.39, 0.29) is 5.82 Å². The predicted molar refractivity (Wildman–Crippen MR) is 69.0 cm³/mol. The van der Waals surface area contributed by atoms with Crippen molar-refractivity contribution in [2.24, 2.45) is 0 Å². The van der Waals surface area contributed by atoms with Gasteiger partial charge in [-0.1, -0.05) is 15.9 Å². The highest BCUT2D eigenvalue weighted by molar-refractivity contribution is 9.10. The molecule has 0 spiro atoms. The molecule has 0 fully saturated rings. The Morgan fingerprint density at radius 2 is 2.19 bits per heavy atom. The summed E-state index contributed by atoms with van der Waals surface area (Å²) in [6, 6.07) is 5.06. The molecular weight excluding hydrogens is 271 g/mol. The van der Waals surface area contributed by atoms with Crippen molar-refractivity contribution in [1.82, 2.24) is 10.2 Å². The minimum Gasteiger partial charge on any atom is -0.320 e. The largest absolute Gasteiger partial charge is 0.320 e. The first-order valence-corrected chi connectivity index (χ1v) is 6.20. The highest BCUT2D eigenvalue weighted by Gasteiger charge is 2.05. The fraction of sp³-hybridized carbons (Fsp3) is 0.500. The number of hydrogen-bond acceptors (Lipinski definition) is 2. The monoisotopic (exact) mass is 288 g/mol. The quantitative estimate of drug-likeness (QED) is 0.810. The summed E-state index contributed by atoms with van der Waals surface area (Å²) in [6.45, 7) is 2.60. The van der Waals surface area contributed by atoms with Crippen LogP contribution < -0.4 is 5.32 Å². The van der Waals surface area contributed by atoms with Gasteiger partial charge in [0.05, 0.1) is 0 Å². The van der Waals surface area contributed by atoms with Crippen LogP contribution in [0.5, 0.6) is 0 Å². The Kier molecular flexibility index (Phi) is 5.95. The van der Waals surface area contributed by atoms with Crippen LogP contribution in [-0.2, 0) is 6.54 Å². The van der Waals surface area contributed by atoms with Crippen molar-refractivity contribution in [2.75, 3.05) is 27.2 Å². The number of rotatable bonds is 6. The third-order valence-corrected chi connectivity index (χ3v) is 2.91. The topological polar surface area (TPSA) is 15.3 Å².